The van der Waals surface area contributed by atoms with Crippen molar-refractivity contribution in [3.8, 4) is 0 Å². The quantitative estimate of drug-likeness (QED) is 0.373. The first-order valence-electron chi connectivity index (χ1n) is 4.06. The SMILES string of the molecule is Cc1cc([N+](=O)[O-])c(C)[n+](C)c1C. The highest BCUT2D eigenvalue weighted by molar-refractivity contribution is 5.35. The molecule has 0 spiro atoms. The minimum Gasteiger partial charge on any atom is -0.258 e. The lowest BCUT2D eigenvalue weighted by molar-refractivity contribution is -0.686. The van der Waals surface area contributed by atoms with Gasteiger partial charge in [-0.25, -0.2) is 0 Å². The van der Waals surface area contributed by atoms with Crippen molar-refractivity contribution in [2.24, 2.45) is 7.05 Å². The predicted molar refractivity (Wildman–Crippen MR) is 48.5 cm³/mol. The topological polar surface area (TPSA) is 47.0 Å². The number of pyridine rings is 1. The van der Waals surface area contributed by atoms with Crippen LogP contribution in [0.1, 0.15) is 17.0 Å². The second-order valence-electron chi connectivity index (χ2n) is 3.20. The van der Waals surface area contributed by atoms with Crippen molar-refractivity contribution in [2.45, 2.75) is 20.8 Å². The van der Waals surface area contributed by atoms with Crippen molar-refractivity contribution in [1.82, 2.24) is 0 Å². The number of aryl methyl sites for hydroxylation is 1. The van der Waals surface area contributed by atoms with Crippen LogP contribution in [0.3, 0.4) is 0 Å². The highest BCUT2D eigenvalue weighted by Crippen LogP contribution is 2.16. The normalized spacial score (nSPS) is 10.2. The summed E-state index contributed by atoms with van der Waals surface area (Å²) >= 11 is 0. The number of nitro groups is 1. The van der Waals surface area contributed by atoms with E-state index in [0.717, 1.165) is 11.3 Å². The molecule has 0 atom stereocenters. The van der Waals surface area contributed by atoms with E-state index >= 15 is 0 Å². The molecule has 0 saturated heterocycles. The minimum atomic E-state index is -0.345. The van der Waals surface area contributed by atoms with Gasteiger partial charge in [-0.05, 0) is 6.92 Å². The van der Waals surface area contributed by atoms with Crippen LogP contribution < -0.4 is 4.57 Å². The van der Waals surface area contributed by atoms with Crippen LogP contribution in [-0.2, 0) is 7.05 Å². The van der Waals surface area contributed by atoms with Gasteiger partial charge in [0.2, 0.25) is 0 Å². The third-order valence-electron chi connectivity index (χ3n) is 2.50. The van der Waals surface area contributed by atoms with Gasteiger partial charge in [0.25, 0.3) is 5.69 Å². The monoisotopic (exact) mass is 181 g/mol. The molecule has 1 aromatic heterocycles. The fourth-order valence-corrected chi connectivity index (χ4v) is 1.29. The van der Waals surface area contributed by atoms with E-state index in [4.69, 9.17) is 0 Å². The standard InChI is InChI=1S/C9H13N2O2/c1-6-5-9(11(12)13)8(3)10(4)7(6)2/h5H,1-4H3/q+1. The lowest BCUT2D eigenvalue weighted by Crippen LogP contribution is -2.37. The molecule has 1 rings (SSSR count). The second-order valence-corrected chi connectivity index (χ2v) is 3.20. The fraction of sp³-hybridized carbons (Fsp3) is 0.444. The van der Waals surface area contributed by atoms with Gasteiger partial charge in [0, 0.05) is 25.5 Å². The van der Waals surface area contributed by atoms with Gasteiger partial charge in [0.1, 0.15) is 7.05 Å². The van der Waals surface area contributed by atoms with Crippen molar-refractivity contribution in [2.75, 3.05) is 0 Å². The summed E-state index contributed by atoms with van der Waals surface area (Å²) in [6, 6.07) is 1.62. The Morgan fingerprint density at radius 3 is 2.31 bits per heavy atom. The van der Waals surface area contributed by atoms with Crippen LogP contribution in [0.15, 0.2) is 6.07 Å². The fourth-order valence-electron chi connectivity index (χ4n) is 1.29. The molecule has 4 heteroatoms. The number of aromatic nitrogens is 1. The van der Waals surface area contributed by atoms with Crippen LogP contribution in [0.2, 0.25) is 0 Å². The molecule has 0 amide bonds. The van der Waals surface area contributed by atoms with Crippen molar-refractivity contribution >= 4 is 5.69 Å². The number of rotatable bonds is 1. The first kappa shape index (κ1) is 9.64. The molecular formula is C9H13N2O2+. The third-order valence-corrected chi connectivity index (χ3v) is 2.50. The Balaban J connectivity index is 3.50. The van der Waals surface area contributed by atoms with E-state index in [0.29, 0.717) is 5.69 Å². The van der Waals surface area contributed by atoms with Gasteiger partial charge in [0.05, 0.1) is 4.92 Å². The molecule has 0 unspecified atom stereocenters. The Morgan fingerprint density at radius 2 is 1.85 bits per heavy atom. The number of hydrogen-bond donors (Lipinski definition) is 0. The van der Waals surface area contributed by atoms with Crippen LogP contribution in [-0.4, -0.2) is 4.92 Å². The zero-order chi connectivity index (χ0) is 10.2. The van der Waals surface area contributed by atoms with E-state index in [9.17, 15) is 10.1 Å². The molecule has 1 heterocycles. The third kappa shape index (κ3) is 1.52. The average Bonchev–Trinajstić information content (AvgIpc) is 2.07. The zero-order valence-electron chi connectivity index (χ0n) is 8.29. The predicted octanol–water partition coefficient (Wildman–Crippen LogP) is 1.34. The summed E-state index contributed by atoms with van der Waals surface area (Å²) in [5.74, 6) is 0. The van der Waals surface area contributed by atoms with E-state index in [-0.39, 0.29) is 10.6 Å². The lowest BCUT2D eigenvalue weighted by atomic mass is 10.1. The molecule has 0 aliphatic carbocycles. The van der Waals surface area contributed by atoms with Gasteiger partial charge in [-0.2, -0.15) is 4.57 Å². The number of nitrogens with zero attached hydrogens (tertiary/aromatic N) is 2. The van der Waals surface area contributed by atoms with E-state index in [1.54, 1.807) is 13.0 Å². The maximum absolute atomic E-state index is 10.6. The van der Waals surface area contributed by atoms with Gasteiger partial charge in [-0.15, -0.1) is 0 Å². The minimum absolute atomic E-state index is 0.186. The molecule has 0 aliphatic heterocycles. The van der Waals surface area contributed by atoms with Crippen LogP contribution >= 0.6 is 0 Å². The molecule has 0 aromatic carbocycles. The Bertz CT molecular complexity index is 372. The van der Waals surface area contributed by atoms with Gasteiger partial charge in [0.15, 0.2) is 5.69 Å². The van der Waals surface area contributed by atoms with Crippen LogP contribution in [0, 0.1) is 30.9 Å². The van der Waals surface area contributed by atoms with Gasteiger partial charge in [-0.3, -0.25) is 10.1 Å². The summed E-state index contributed by atoms with van der Waals surface area (Å²) in [5, 5.41) is 10.6. The van der Waals surface area contributed by atoms with E-state index in [1.807, 2.05) is 25.5 Å². The summed E-state index contributed by atoms with van der Waals surface area (Å²) < 4.78 is 1.84. The molecule has 1 aromatic rings. The van der Waals surface area contributed by atoms with Crippen molar-refractivity contribution in [3.05, 3.63) is 33.1 Å². The largest absolute Gasteiger partial charge is 0.335 e. The Kier molecular flexibility index (Phi) is 2.32. The number of hydrogen-bond acceptors (Lipinski definition) is 2. The van der Waals surface area contributed by atoms with Gasteiger partial charge >= 0.3 is 5.69 Å². The summed E-state index contributed by atoms with van der Waals surface area (Å²) in [5.41, 5.74) is 2.88. The molecule has 13 heavy (non-hydrogen) atoms. The smallest absolute Gasteiger partial charge is 0.258 e. The second kappa shape index (κ2) is 3.12. The molecule has 4 nitrogen and oxygen atoms in total. The van der Waals surface area contributed by atoms with Crippen molar-refractivity contribution in [1.29, 1.82) is 0 Å². The Hall–Kier alpha value is -1.45. The average molecular weight is 181 g/mol. The molecule has 0 radical (unpaired) electrons. The van der Waals surface area contributed by atoms with E-state index < -0.39 is 0 Å². The van der Waals surface area contributed by atoms with Gasteiger partial charge < -0.3 is 0 Å². The first-order valence-corrected chi connectivity index (χ1v) is 4.06. The summed E-state index contributed by atoms with van der Waals surface area (Å²) in [4.78, 5) is 10.3. The first-order chi connectivity index (χ1) is 5.95. The van der Waals surface area contributed by atoms with Crippen molar-refractivity contribution < 1.29 is 9.49 Å². The van der Waals surface area contributed by atoms with Crippen LogP contribution in [0.25, 0.3) is 0 Å². The van der Waals surface area contributed by atoms with Gasteiger partial charge in [-0.1, -0.05) is 0 Å². The van der Waals surface area contributed by atoms with Crippen LogP contribution in [0.5, 0.6) is 0 Å². The molecular weight excluding hydrogens is 168 g/mol. The molecule has 0 saturated carbocycles. The molecule has 0 fully saturated rings. The summed E-state index contributed by atoms with van der Waals surface area (Å²) in [6.07, 6.45) is 0. The maximum Gasteiger partial charge on any atom is 0.335 e. The highest BCUT2D eigenvalue weighted by Gasteiger charge is 2.22. The Labute approximate surface area is 77.0 Å². The molecule has 0 bridgehead atoms. The zero-order valence-corrected chi connectivity index (χ0v) is 8.29. The molecule has 0 aliphatic rings. The van der Waals surface area contributed by atoms with E-state index in [2.05, 4.69) is 0 Å². The highest BCUT2D eigenvalue weighted by atomic mass is 16.6. The molecule has 0 N–H and O–H groups in total. The Morgan fingerprint density at radius 1 is 1.31 bits per heavy atom. The van der Waals surface area contributed by atoms with E-state index in [1.165, 1.54) is 0 Å². The van der Waals surface area contributed by atoms with Crippen molar-refractivity contribution in [3.63, 3.8) is 0 Å². The molecule has 70 valence electrons. The lowest BCUT2D eigenvalue weighted by Gasteiger charge is -2.01. The van der Waals surface area contributed by atoms with Crippen LogP contribution in [0.4, 0.5) is 5.69 Å². The summed E-state index contributed by atoms with van der Waals surface area (Å²) in [7, 11) is 1.84. The summed E-state index contributed by atoms with van der Waals surface area (Å²) in [6.45, 7) is 5.58. The maximum atomic E-state index is 10.6.